The second-order valence-corrected chi connectivity index (χ2v) is 15.7. The zero-order valence-corrected chi connectivity index (χ0v) is 32.9. The third-order valence-electron chi connectivity index (χ3n) is 11.5. The van der Waals surface area contributed by atoms with Crippen LogP contribution in [0.5, 0.6) is 17.2 Å². The molecule has 57 heavy (non-hydrogen) atoms. The summed E-state index contributed by atoms with van der Waals surface area (Å²) in [6.07, 6.45) is 12.9. The lowest BCUT2D eigenvalue weighted by Crippen LogP contribution is -2.20. The largest absolute Gasteiger partial charge is 0.508 e. The molecule has 1 heterocycles. The van der Waals surface area contributed by atoms with Gasteiger partial charge >= 0.3 is 0 Å². The van der Waals surface area contributed by atoms with E-state index in [1.807, 2.05) is 37.4 Å². The number of hydrogen-bond acceptors (Lipinski definition) is 9. The number of unbranched alkanes of at least 4 members (excludes halogenated alkanes) is 2. The van der Waals surface area contributed by atoms with Crippen LogP contribution >= 0.6 is 0 Å². The number of aryl methyl sites for hydroxylation is 1. The van der Waals surface area contributed by atoms with Crippen LogP contribution in [0.15, 0.2) is 79.0 Å². The van der Waals surface area contributed by atoms with Gasteiger partial charge in [0.2, 0.25) is 0 Å². The van der Waals surface area contributed by atoms with Gasteiger partial charge in [0.15, 0.2) is 23.1 Å². The highest BCUT2D eigenvalue weighted by Gasteiger charge is 2.36. The zero-order chi connectivity index (χ0) is 40.4. The third kappa shape index (κ3) is 10.8. The number of ketones is 2. The number of aromatic hydroxyl groups is 2. The van der Waals surface area contributed by atoms with Gasteiger partial charge in [-0.15, -0.1) is 0 Å². The number of H-pyrrole nitrogens is 1. The Hall–Kier alpha value is -5.18. The van der Waals surface area contributed by atoms with Crippen molar-refractivity contribution in [1.82, 2.24) is 10.3 Å². The van der Waals surface area contributed by atoms with E-state index in [1.165, 1.54) is 0 Å². The van der Waals surface area contributed by atoms with Crippen LogP contribution in [-0.2, 0) is 24.1 Å². The molecule has 3 unspecified atom stereocenters. The number of aromatic nitrogens is 1. The number of rotatable bonds is 17. The van der Waals surface area contributed by atoms with Gasteiger partial charge in [0.05, 0.1) is 25.3 Å². The van der Waals surface area contributed by atoms with Crippen LogP contribution in [0.25, 0.3) is 0 Å². The lowest BCUT2D eigenvalue weighted by atomic mass is 9.80. The number of ether oxygens (including phenoxy) is 1. The molecule has 0 amide bonds. The van der Waals surface area contributed by atoms with Crippen molar-refractivity contribution in [3.05, 3.63) is 124 Å². The molecule has 3 aromatic carbocycles. The second-order valence-electron chi connectivity index (χ2n) is 15.7. The summed E-state index contributed by atoms with van der Waals surface area (Å²) in [4.78, 5) is 29.9. The number of carbonyl (C=O) groups excluding carboxylic acids is 2. The van der Waals surface area contributed by atoms with Crippen LogP contribution in [0.3, 0.4) is 0 Å². The van der Waals surface area contributed by atoms with Crippen LogP contribution in [0.1, 0.15) is 119 Å². The Labute approximate surface area is 335 Å². The predicted molar refractivity (Wildman–Crippen MR) is 222 cm³/mol. The first-order valence-corrected chi connectivity index (χ1v) is 20.2. The number of nitrogens with two attached hydrogens (primary N) is 2. The molecule has 300 valence electrons. The highest BCUT2D eigenvalue weighted by Crippen LogP contribution is 2.44. The summed E-state index contributed by atoms with van der Waals surface area (Å²) in [7, 11) is 1.96. The maximum atomic E-state index is 13.7. The van der Waals surface area contributed by atoms with Gasteiger partial charge in [-0.2, -0.15) is 0 Å². The topological polar surface area (TPSA) is 184 Å². The predicted octanol–water partition coefficient (Wildman–Crippen LogP) is 6.64. The van der Waals surface area contributed by atoms with Gasteiger partial charge < -0.3 is 41.8 Å². The molecule has 1 fully saturated rings. The van der Waals surface area contributed by atoms with Gasteiger partial charge in [0, 0.05) is 53.8 Å². The van der Waals surface area contributed by atoms with Gasteiger partial charge in [0.1, 0.15) is 5.75 Å². The van der Waals surface area contributed by atoms with E-state index in [2.05, 4.69) is 28.2 Å². The normalized spacial score (nSPS) is 19.3. The first kappa shape index (κ1) is 41.5. The standard InChI is InChI=1S/C47H56N4O6/c1-50-23-4-2-3-20-47(22-17-36(53)30-47)21-16-35(52)12-8-31-10-15-43(55)45(27-31)57-25-19-32-9-14-42(54)40(26-32)39-29-44(56)38-18-24-51-41(38)7-5-6-33-28-34(46(48)49)11-13-37(33)39/h9-11,13-16,18,21,24,26-28,36,39,46,50-51,53-55H,2-4,7-8,12,17,19-20,22-23,25,29-30,48-49H2,1H3. The smallest absolute Gasteiger partial charge is 0.165 e. The summed E-state index contributed by atoms with van der Waals surface area (Å²) in [5.41, 5.74) is 17.8. The van der Waals surface area contributed by atoms with E-state index in [9.17, 15) is 24.9 Å². The third-order valence-corrected chi connectivity index (χ3v) is 11.5. The molecule has 10 heteroatoms. The Bertz CT molecular complexity index is 2130. The highest BCUT2D eigenvalue weighted by molar-refractivity contribution is 5.98. The molecule has 1 aromatic heterocycles. The van der Waals surface area contributed by atoms with Crippen molar-refractivity contribution in [3.8, 4) is 29.1 Å². The van der Waals surface area contributed by atoms with E-state index >= 15 is 0 Å². The molecule has 0 saturated heterocycles. The fourth-order valence-corrected chi connectivity index (χ4v) is 8.23. The highest BCUT2D eigenvalue weighted by atomic mass is 16.5. The van der Waals surface area contributed by atoms with Crippen LogP contribution in [0, 0.1) is 17.3 Å². The number of phenolic OH excluding ortho intramolecular Hbond substituents is 2. The van der Waals surface area contributed by atoms with Gasteiger partial charge in [0.25, 0.3) is 0 Å². The number of aliphatic hydroxyl groups is 1. The first-order valence-electron chi connectivity index (χ1n) is 20.2. The van der Waals surface area contributed by atoms with E-state index in [4.69, 9.17) is 16.2 Å². The molecule has 4 aromatic rings. The number of fused-ring (bicyclic) bond motifs is 2. The van der Waals surface area contributed by atoms with Gasteiger partial charge in [-0.05, 0) is 116 Å². The summed E-state index contributed by atoms with van der Waals surface area (Å²) in [5.74, 6) is 6.32. The van der Waals surface area contributed by atoms with Crippen molar-refractivity contribution in [2.45, 2.75) is 95.2 Å². The van der Waals surface area contributed by atoms with Gasteiger partial charge in [-0.1, -0.05) is 61.1 Å². The van der Waals surface area contributed by atoms with Crippen molar-refractivity contribution < 1.29 is 29.6 Å². The van der Waals surface area contributed by atoms with Gasteiger partial charge in [-0.3, -0.25) is 9.59 Å². The second kappa shape index (κ2) is 19.3. The lowest BCUT2D eigenvalue weighted by molar-refractivity contribution is -0.114. The lowest BCUT2D eigenvalue weighted by Gasteiger charge is -2.25. The molecule has 0 bridgehead atoms. The summed E-state index contributed by atoms with van der Waals surface area (Å²) in [6.45, 7) is 1.23. The van der Waals surface area contributed by atoms with E-state index in [0.717, 1.165) is 67.5 Å². The van der Waals surface area contributed by atoms with Crippen molar-refractivity contribution >= 4 is 11.6 Å². The Morgan fingerprint density at radius 2 is 1.82 bits per heavy atom. The fourth-order valence-electron chi connectivity index (χ4n) is 8.23. The Morgan fingerprint density at radius 1 is 1.02 bits per heavy atom. The first-order chi connectivity index (χ1) is 27.5. The van der Waals surface area contributed by atoms with Crippen molar-refractivity contribution in [2.24, 2.45) is 16.9 Å². The molecule has 0 aliphatic heterocycles. The van der Waals surface area contributed by atoms with E-state index in [0.29, 0.717) is 60.1 Å². The Balaban J connectivity index is 1.11. The van der Waals surface area contributed by atoms with Crippen LogP contribution in [0.2, 0.25) is 0 Å². The van der Waals surface area contributed by atoms with Crippen molar-refractivity contribution in [2.75, 3.05) is 20.2 Å². The number of hydrogen-bond donors (Lipinski definition) is 7. The Morgan fingerprint density at radius 3 is 2.60 bits per heavy atom. The SMILES string of the molecule is CNCCCCCC1(C=CC(=O)CCc2ccc(O)c(OCCc3ccc(O)c(C4CC(=O)c5cc[nH]c5CC#Cc5cc(C(N)N)ccc54)c3)c2)CCC(O)C1. The molecule has 2 aliphatic carbocycles. The number of nitrogens with one attached hydrogen (secondary N) is 2. The number of carbonyl (C=O) groups is 2. The summed E-state index contributed by atoms with van der Waals surface area (Å²) >= 11 is 0. The minimum absolute atomic E-state index is 0.00578. The monoisotopic (exact) mass is 772 g/mol. The maximum Gasteiger partial charge on any atom is 0.165 e. The summed E-state index contributed by atoms with van der Waals surface area (Å²) < 4.78 is 6.07. The van der Waals surface area contributed by atoms with Crippen LogP contribution in [0.4, 0.5) is 0 Å². The Kier molecular flexibility index (Phi) is 14.0. The van der Waals surface area contributed by atoms with Crippen LogP contribution < -0.4 is 21.5 Å². The fraction of sp³-hybridized carbons (Fsp3) is 0.404. The molecule has 0 radical (unpaired) electrons. The average molecular weight is 773 g/mol. The molecule has 2 aliphatic rings. The number of Topliss-reactive ketones (excluding diaryl/α,β-unsaturated/α-hetero) is 1. The van der Waals surface area contributed by atoms with Crippen LogP contribution in [-0.4, -0.2) is 58.2 Å². The minimum Gasteiger partial charge on any atom is -0.508 e. The molecule has 3 atom stereocenters. The number of phenols is 2. The van der Waals surface area contributed by atoms with E-state index in [1.54, 1.807) is 42.6 Å². The average Bonchev–Trinajstić information content (AvgIpc) is 3.83. The molecule has 6 rings (SSSR count). The molecular formula is C47H56N4O6. The number of aromatic amines is 1. The quantitative estimate of drug-likeness (QED) is 0.0268. The number of allylic oxidation sites excluding steroid dienone is 2. The molecule has 10 nitrogen and oxygen atoms in total. The zero-order valence-electron chi connectivity index (χ0n) is 32.9. The summed E-state index contributed by atoms with van der Waals surface area (Å²) in [6, 6.07) is 17.9. The van der Waals surface area contributed by atoms with Gasteiger partial charge in [-0.25, -0.2) is 0 Å². The maximum absolute atomic E-state index is 13.7. The number of benzene rings is 3. The van der Waals surface area contributed by atoms with E-state index in [-0.39, 0.29) is 47.6 Å². The molecule has 0 spiro atoms. The number of aliphatic hydroxyl groups excluding tert-OH is 1. The van der Waals surface area contributed by atoms with Crippen molar-refractivity contribution in [1.29, 1.82) is 0 Å². The minimum atomic E-state index is -0.692. The molecule has 9 N–H and O–H groups in total. The molecular weight excluding hydrogens is 717 g/mol. The van der Waals surface area contributed by atoms with E-state index < -0.39 is 12.1 Å². The molecule has 1 saturated carbocycles. The van der Waals surface area contributed by atoms with Crippen molar-refractivity contribution in [3.63, 3.8) is 0 Å². The summed E-state index contributed by atoms with van der Waals surface area (Å²) in [5, 5.41) is 35.3.